The highest BCUT2D eigenvalue weighted by Crippen LogP contribution is 2.21. The summed E-state index contributed by atoms with van der Waals surface area (Å²) in [4.78, 5) is 1.91. The minimum atomic E-state index is 0.0476. The molecular weight excluding hydrogens is 280 g/mol. The summed E-state index contributed by atoms with van der Waals surface area (Å²) in [5, 5.41) is 26.5. The van der Waals surface area contributed by atoms with Crippen LogP contribution in [0.4, 0.5) is 17.2 Å². The van der Waals surface area contributed by atoms with Gasteiger partial charge in [0, 0.05) is 24.8 Å². The molecule has 1 aromatic carbocycles. The van der Waals surface area contributed by atoms with E-state index in [0.29, 0.717) is 13.1 Å². The van der Waals surface area contributed by atoms with Gasteiger partial charge in [0.05, 0.1) is 31.6 Å². The number of aromatic nitrogens is 1. The molecule has 116 valence electrons. The summed E-state index contributed by atoms with van der Waals surface area (Å²) >= 11 is 0. The molecule has 0 saturated carbocycles. The van der Waals surface area contributed by atoms with Crippen LogP contribution in [0.3, 0.4) is 0 Å². The van der Waals surface area contributed by atoms with E-state index in [1.165, 1.54) is 0 Å². The molecule has 6 heteroatoms. The number of benzene rings is 1. The zero-order valence-corrected chi connectivity index (χ0v) is 12.6. The van der Waals surface area contributed by atoms with E-state index in [1.54, 1.807) is 0 Å². The van der Waals surface area contributed by atoms with Crippen LogP contribution in [0, 0.1) is 0 Å². The van der Waals surface area contributed by atoms with E-state index in [4.69, 9.17) is 10.2 Å². The second-order valence-corrected chi connectivity index (χ2v) is 4.82. The van der Waals surface area contributed by atoms with Gasteiger partial charge in [-0.15, -0.1) is 0 Å². The van der Waals surface area contributed by atoms with Gasteiger partial charge in [-0.05, 0) is 35.4 Å². The second-order valence-electron chi connectivity index (χ2n) is 4.82. The van der Waals surface area contributed by atoms with Crippen LogP contribution in [0.2, 0.25) is 0 Å². The summed E-state index contributed by atoms with van der Waals surface area (Å²) in [6, 6.07) is 13.3. The Bertz CT molecular complexity index is 608. The number of pyridine rings is 1. The fraction of sp³-hybridized carbons (Fsp3) is 0.312. The van der Waals surface area contributed by atoms with E-state index in [0.717, 1.165) is 17.2 Å². The van der Waals surface area contributed by atoms with Gasteiger partial charge in [-0.25, -0.2) is 4.57 Å². The lowest BCUT2D eigenvalue weighted by atomic mass is 10.2. The molecule has 0 saturated heterocycles. The van der Waals surface area contributed by atoms with E-state index in [-0.39, 0.29) is 13.2 Å². The van der Waals surface area contributed by atoms with Crippen molar-refractivity contribution in [2.24, 2.45) is 17.3 Å². The van der Waals surface area contributed by atoms with Crippen LogP contribution in [0.1, 0.15) is 0 Å². The standard InChI is InChI=1S/C16H21N4O2/c1-19-9-3-2-4-16(19)18-17-14-5-7-15(8-6-14)20(10-12-21)11-13-22/h2-9,21-22H,10-13H2,1H3/q+1. The lowest BCUT2D eigenvalue weighted by molar-refractivity contribution is -0.658. The van der Waals surface area contributed by atoms with Crippen molar-refractivity contribution < 1.29 is 14.8 Å². The summed E-state index contributed by atoms with van der Waals surface area (Å²) < 4.78 is 1.89. The molecular formula is C16H21N4O2+. The van der Waals surface area contributed by atoms with Crippen molar-refractivity contribution in [1.82, 2.24) is 0 Å². The predicted molar refractivity (Wildman–Crippen MR) is 84.6 cm³/mol. The first kappa shape index (κ1) is 16.1. The Morgan fingerprint density at radius 1 is 0.955 bits per heavy atom. The van der Waals surface area contributed by atoms with Crippen molar-refractivity contribution in [3.05, 3.63) is 48.7 Å². The first-order valence-electron chi connectivity index (χ1n) is 7.17. The Hall–Kier alpha value is -2.31. The lowest BCUT2D eigenvalue weighted by Gasteiger charge is -2.22. The quantitative estimate of drug-likeness (QED) is 0.604. The van der Waals surface area contributed by atoms with E-state index >= 15 is 0 Å². The maximum atomic E-state index is 9.06. The number of aryl methyl sites for hydroxylation is 1. The molecule has 0 unspecified atom stereocenters. The predicted octanol–water partition coefficient (Wildman–Crippen LogP) is 1.72. The van der Waals surface area contributed by atoms with E-state index < -0.39 is 0 Å². The smallest absolute Gasteiger partial charge is 0.350 e. The summed E-state index contributed by atoms with van der Waals surface area (Å²) in [6.45, 7) is 1.07. The first-order valence-corrected chi connectivity index (χ1v) is 7.17. The Kier molecular flexibility index (Phi) is 6.00. The van der Waals surface area contributed by atoms with E-state index in [1.807, 2.05) is 65.2 Å². The molecule has 0 fully saturated rings. The maximum Gasteiger partial charge on any atom is 0.350 e. The monoisotopic (exact) mass is 301 g/mol. The van der Waals surface area contributed by atoms with Gasteiger partial charge in [-0.2, -0.15) is 0 Å². The van der Waals surface area contributed by atoms with Gasteiger partial charge in [-0.1, -0.05) is 6.07 Å². The third kappa shape index (κ3) is 4.34. The van der Waals surface area contributed by atoms with Crippen LogP contribution in [0.15, 0.2) is 58.9 Å². The van der Waals surface area contributed by atoms with Crippen LogP contribution in [0.5, 0.6) is 0 Å². The number of rotatable bonds is 7. The topological polar surface area (TPSA) is 72.3 Å². The molecule has 0 aliphatic rings. The van der Waals surface area contributed by atoms with Crippen LogP contribution >= 0.6 is 0 Å². The zero-order chi connectivity index (χ0) is 15.8. The van der Waals surface area contributed by atoms with E-state index in [2.05, 4.69) is 10.2 Å². The fourth-order valence-electron chi connectivity index (χ4n) is 2.07. The average molecular weight is 301 g/mol. The molecule has 0 aliphatic carbocycles. The Morgan fingerprint density at radius 2 is 1.64 bits per heavy atom. The van der Waals surface area contributed by atoms with Gasteiger partial charge in [-0.3, -0.25) is 0 Å². The van der Waals surface area contributed by atoms with Crippen molar-refractivity contribution in [1.29, 1.82) is 0 Å². The van der Waals surface area contributed by atoms with Crippen LogP contribution in [-0.4, -0.2) is 36.5 Å². The summed E-state index contributed by atoms with van der Waals surface area (Å²) in [5.41, 5.74) is 1.69. The molecule has 22 heavy (non-hydrogen) atoms. The number of azo groups is 1. The van der Waals surface area contributed by atoms with Crippen molar-refractivity contribution in [3.8, 4) is 0 Å². The highest BCUT2D eigenvalue weighted by atomic mass is 16.3. The highest BCUT2D eigenvalue weighted by molar-refractivity contribution is 5.52. The van der Waals surface area contributed by atoms with Gasteiger partial charge in [0.1, 0.15) is 5.69 Å². The Labute approximate surface area is 130 Å². The maximum absolute atomic E-state index is 9.06. The molecule has 0 bridgehead atoms. The SMILES string of the molecule is C[n+]1ccccc1/N=N\c1ccc(N(CCO)CCO)cc1. The van der Waals surface area contributed by atoms with Gasteiger partial charge < -0.3 is 15.1 Å². The fourth-order valence-corrected chi connectivity index (χ4v) is 2.07. The number of nitrogens with zero attached hydrogens (tertiary/aromatic N) is 4. The molecule has 0 radical (unpaired) electrons. The number of hydrogen-bond donors (Lipinski definition) is 2. The summed E-state index contributed by atoms with van der Waals surface area (Å²) in [7, 11) is 1.92. The van der Waals surface area contributed by atoms with Crippen molar-refractivity contribution in [3.63, 3.8) is 0 Å². The molecule has 0 amide bonds. The summed E-state index contributed by atoms with van der Waals surface area (Å²) in [6.07, 6.45) is 1.92. The highest BCUT2D eigenvalue weighted by Gasteiger charge is 2.06. The Balaban J connectivity index is 2.10. The lowest BCUT2D eigenvalue weighted by Crippen LogP contribution is -2.29. The first-order chi connectivity index (χ1) is 10.7. The number of anilines is 1. The molecule has 2 N–H and O–H groups in total. The largest absolute Gasteiger partial charge is 0.395 e. The van der Waals surface area contributed by atoms with Gasteiger partial charge >= 0.3 is 5.82 Å². The Morgan fingerprint density at radius 3 is 2.23 bits per heavy atom. The molecule has 0 aliphatic heterocycles. The molecule has 6 nitrogen and oxygen atoms in total. The molecule has 2 rings (SSSR count). The van der Waals surface area contributed by atoms with Crippen molar-refractivity contribution in [2.45, 2.75) is 0 Å². The van der Waals surface area contributed by atoms with Gasteiger partial charge in [0.15, 0.2) is 0 Å². The third-order valence-corrected chi connectivity index (χ3v) is 3.25. The molecule has 2 aromatic rings. The average Bonchev–Trinajstić information content (AvgIpc) is 2.54. The molecule has 1 heterocycles. The number of aliphatic hydroxyl groups excluding tert-OH is 2. The minimum absolute atomic E-state index is 0.0476. The molecule has 1 aromatic heterocycles. The van der Waals surface area contributed by atoms with Crippen molar-refractivity contribution in [2.75, 3.05) is 31.2 Å². The zero-order valence-electron chi connectivity index (χ0n) is 12.6. The van der Waals surface area contributed by atoms with Crippen LogP contribution in [-0.2, 0) is 7.05 Å². The van der Waals surface area contributed by atoms with Crippen LogP contribution in [0.25, 0.3) is 0 Å². The summed E-state index contributed by atoms with van der Waals surface area (Å²) in [5.74, 6) is 0.772. The molecule has 0 spiro atoms. The number of aliphatic hydroxyl groups is 2. The van der Waals surface area contributed by atoms with Crippen LogP contribution < -0.4 is 9.47 Å². The van der Waals surface area contributed by atoms with Crippen molar-refractivity contribution >= 4 is 17.2 Å². The van der Waals surface area contributed by atoms with Gasteiger partial charge in [0.2, 0.25) is 0 Å². The van der Waals surface area contributed by atoms with E-state index in [9.17, 15) is 0 Å². The van der Waals surface area contributed by atoms with Gasteiger partial charge in [0.25, 0.3) is 0 Å². The number of hydrogen-bond acceptors (Lipinski definition) is 5. The second kappa shape index (κ2) is 8.21. The third-order valence-electron chi connectivity index (χ3n) is 3.25. The minimum Gasteiger partial charge on any atom is -0.395 e. The molecule has 0 atom stereocenters. The normalized spacial score (nSPS) is 11.0.